The molecule has 0 aliphatic carbocycles. The van der Waals surface area contributed by atoms with Gasteiger partial charge in [0.1, 0.15) is 5.75 Å². The molecule has 0 radical (unpaired) electrons. The first-order valence-corrected chi connectivity index (χ1v) is 12.0. The zero-order valence-corrected chi connectivity index (χ0v) is 19.6. The van der Waals surface area contributed by atoms with Gasteiger partial charge in [0.15, 0.2) is 0 Å². The highest BCUT2D eigenvalue weighted by Gasteiger charge is 2.21. The number of thiophene rings is 1. The van der Waals surface area contributed by atoms with Crippen molar-refractivity contribution in [3.8, 4) is 16.2 Å². The second-order valence-electron chi connectivity index (χ2n) is 8.38. The zero-order valence-electron chi connectivity index (χ0n) is 18.8. The first-order valence-electron chi connectivity index (χ1n) is 11.2. The summed E-state index contributed by atoms with van der Waals surface area (Å²) in [4.78, 5) is 28.5. The number of nitrogens with one attached hydrogen (secondary N) is 1. The van der Waals surface area contributed by atoms with E-state index < -0.39 is 12.0 Å². The maximum absolute atomic E-state index is 12.5. The van der Waals surface area contributed by atoms with E-state index in [1.807, 2.05) is 25.1 Å². The summed E-state index contributed by atoms with van der Waals surface area (Å²) in [6.07, 6.45) is 2.40. The Kier molecular flexibility index (Phi) is 7.42. The van der Waals surface area contributed by atoms with Gasteiger partial charge in [-0.25, -0.2) is 4.79 Å². The second-order valence-corrected chi connectivity index (χ2v) is 9.63. The maximum atomic E-state index is 12.5. The van der Waals surface area contributed by atoms with Crippen LogP contribution in [0.25, 0.3) is 10.4 Å². The van der Waals surface area contributed by atoms with Crippen LogP contribution in [0.2, 0.25) is 0 Å². The van der Waals surface area contributed by atoms with Gasteiger partial charge >= 0.3 is 6.09 Å². The molecule has 1 aliphatic heterocycles. The van der Waals surface area contributed by atoms with Gasteiger partial charge in [-0.05, 0) is 55.5 Å². The topological polar surface area (TPSA) is 84.7 Å². The zero-order chi connectivity index (χ0) is 23.2. The van der Waals surface area contributed by atoms with E-state index in [0.717, 1.165) is 54.2 Å². The third-order valence-corrected chi connectivity index (χ3v) is 7.00. The molecule has 172 valence electrons. The summed E-state index contributed by atoms with van der Waals surface area (Å²) in [6, 6.07) is 19.6. The van der Waals surface area contributed by atoms with Crippen molar-refractivity contribution < 1.29 is 14.3 Å². The van der Waals surface area contributed by atoms with Gasteiger partial charge in [-0.15, -0.1) is 11.3 Å². The van der Waals surface area contributed by atoms with Crippen molar-refractivity contribution in [2.45, 2.75) is 32.2 Å². The van der Waals surface area contributed by atoms with E-state index in [-0.39, 0.29) is 6.04 Å². The molecule has 0 unspecified atom stereocenters. The van der Waals surface area contributed by atoms with Crippen LogP contribution >= 0.6 is 11.3 Å². The third kappa shape index (κ3) is 6.21. The molecule has 1 saturated heterocycles. The predicted molar refractivity (Wildman–Crippen MR) is 132 cm³/mol. The Morgan fingerprint density at radius 2 is 1.85 bits per heavy atom. The molecular formula is C26H29N3O3S. The van der Waals surface area contributed by atoms with Crippen LogP contribution in [0.5, 0.6) is 5.75 Å². The van der Waals surface area contributed by atoms with Gasteiger partial charge < -0.3 is 20.7 Å². The number of rotatable bonds is 7. The number of carbonyl (C=O) groups is 2. The summed E-state index contributed by atoms with van der Waals surface area (Å²) in [5.74, 6) is -0.0275. The number of hydrogen-bond acceptors (Lipinski definition) is 5. The van der Waals surface area contributed by atoms with Gasteiger partial charge in [-0.3, -0.25) is 4.79 Å². The van der Waals surface area contributed by atoms with E-state index in [1.54, 1.807) is 18.2 Å². The van der Waals surface area contributed by atoms with Crippen molar-refractivity contribution in [2.75, 3.05) is 19.6 Å². The standard InChI is InChI=1S/C26H29N3O3S/c1-18-16-23(25(27)30)24(33-18)20-8-5-9-22(17-20)32-26(31)28-21-11-14-29(15-12-21)13-10-19-6-3-2-4-7-19/h2-9,16-17,21H,10-15H2,1H3,(H2,27,30)(H,28,31). The highest BCUT2D eigenvalue weighted by molar-refractivity contribution is 7.15. The van der Waals surface area contributed by atoms with E-state index in [9.17, 15) is 9.59 Å². The molecule has 3 aromatic rings. The van der Waals surface area contributed by atoms with Gasteiger partial charge in [0.25, 0.3) is 0 Å². The van der Waals surface area contributed by atoms with Gasteiger partial charge in [0.2, 0.25) is 5.91 Å². The fraction of sp³-hybridized carbons (Fsp3) is 0.308. The summed E-state index contributed by atoms with van der Waals surface area (Å²) >= 11 is 1.49. The molecule has 0 bridgehead atoms. The number of primary amides is 1. The summed E-state index contributed by atoms with van der Waals surface area (Å²) in [5, 5.41) is 3.00. The molecule has 4 rings (SSSR count). The highest BCUT2D eigenvalue weighted by Crippen LogP contribution is 2.34. The number of amides is 2. The second kappa shape index (κ2) is 10.6. The van der Waals surface area contributed by atoms with E-state index >= 15 is 0 Å². The molecule has 0 spiro atoms. The van der Waals surface area contributed by atoms with E-state index in [2.05, 4.69) is 34.5 Å². The van der Waals surface area contributed by atoms with E-state index in [0.29, 0.717) is 11.3 Å². The van der Waals surface area contributed by atoms with Crippen LogP contribution in [-0.2, 0) is 6.42 Å². The smallest absolute Gasteiger partial charge is 0.410 e. The van der Waals surface area contributed by atoms with Crippen LogP contribution in [-0.4, -0.2) is 42.6 Å². The Morgan fingerprint density at radius 3 is 2.58 bits per heavy atom. The van der Waals surface area contributed by atoms with Crippen molar-refractivity contribution in [1.29, 1.82) is 0 Å². The molecule has 2 aromatic carbocycles. The average Bonchev–Trinajstić information content (AvgIpc) is 3.22. The SMILES string of the molecule is Cc1cc(C(N)=O)c(-c2cccc(OC(=O)NC3CCN(CCc4ccccc4)CC3)c2)s1. The first kappa shape index (κ1) is 23.0. The number of ether oxygens (including phenoxy) is 1. The van der Waals surface area contributed by atoms with Gasteiger partial charge in [0, 0.05) is 35.4 Å². The summed E-state index contributed by atoms with van der Waals surface area (Å²) < 4.78 is 5.54. The first-order chi connectivity index (χ1) is 16.0. The van der Waals surface area contributed by atoms with Gasteiger partial charge in [0.05, 0.1) is 5.56 Å². The molecule has 1 fully saturated rings. The third-order valence-electron chi connectivity index (χ3n) is 5.90. The minimum Gasteiger partial charge on any atom is -0.410 e. The Hall–Kier alpha value is -3.16. The molecule has 33 heavy (non-hydrogen) atoms. The monoisotopic (exact) mass is 463 g/mol. The number of carbonyl (C=O) groups excluding carboxylic acids is 2. The Balaban J connectivity index is 1.28. The lowest BCUT2D eigenvalue weighted by atomic mass is 10.0. The number of benzene rings is 2. The van der Waals surface area contributed by atoms with Crippen LogP contribution < -0.4 is 15.8 Å². The molecule has 2 amide bonds. The molecule has 0 atom stereocenters. The Morgan fingerprint density at radius 1 is 1.09 bits per heavy atom. The highest BCUT2D eigenvalue weighted by atomic mass is 32.1. The molecule has 1 aromatic heterocycles. The van der Waals surface area contributed by atoms with Crippen LogP contribution in [0.4, 0.5) is 4.79 Å². The molecule has 1 aliphatic rings. The number of nitrogens with zero attached hydrogens (tertiary/aromatic N) is 1. The quantitative estimate of drug-likeness (QED) is 0.536. The van der Waals surface area contributed by atoms with Crippen LogP contribution in [0.1, 0.15) is 33.6 Å². The predicted octanol–water partition coefficient (Wildman–Crippen LogP) is 4.62. The Labute approximate surface area is 198 Å². The fourth-order valence-corrected chi connectivity index (χ4v) is 5.16. The minimum atomic E-state index is -0.464. The maximum Gasteiger partial charge on any atom is 0.412 e. The normalized spacial score (nSPS) is 14.7. The van der Waals surface area contributed by atoms with Gasteiger partial charge in [-0.2, -0.15) is 0 Å². The van der Waals surface area contributed by atoms with Crippen LogP contribution in [0, 0.1) is 6.92 Å². The van der Waals surface area contributed by atoms with Crippen LogP contribution in [0.15, 0.2) is 60.7 Å². The van der Waals surface area contributed by atoms with E-state index in [4.69, 9.17) is 10.5 Å². The summed E-state index contributed by atoms with van der Waals surface area (Å²) in [6.45, 7) is 4.88. The number of likely N-dealkylation sites (tertiary alicyclic amines) is 1. The lowest BCUT2D eigenvalue weighted by Gasteiger charge is -2.32. The number of piperidine rings is 1. The summed E-state index contributed by atoms with van der Waals surface area (Å²) in [5.41, 5.74) is 8.16. The number of nitrogens with two attached hydrogens (primary N) is 1. The molecule has 3 N–H and O–H groups in total. The van der Waals surface area contributed by atoms with E-state index in [1.165, 1.54) is 16.9 Å². The molecule has 0 saturated carbocycles. The lowest BCUT2D eigenvalue weighted by molar-refractivity contribution is 0.100. The van der Waals surface area contributed by atoms with Crippen molar-refractivity contribution >= 4 is 23.3 Å². The molecule has 2 heterocycles. The van der Waals surface area contributed by atoms with Crippen molar-refractivity contribution in [3.63, 3.8) is 0 Å². The fourth-order valence-electron chi connectivity index (χ4n) is 4.15. The summed E-state index contributed by atoms with van der Waals surface area (Å²) in [7, 11) is 0. The Bertz CT molecular complexity index is 1100. The number of aryl methyl sites for hydroxylation is 1. The van der Waals surface area contributed by atoms with Crippen molar-refractivity contribution in [3.05, 3.63) is 76.7 Å². The molecule has 6 nitrogen and oxygen atoms in total. The number of hydrogen-bond donors (Lipinski definition) is 2. The average molecular weight is 464 g/mol. The largest absolute Gasteiger partial charge is 0.412 e. The van der Waals surface area contributed by atoms with Gasteiger partial charge in [-0.1, -0.05) is 42.5 Å². The molecular weight excluding hydrogens is 434 g/mol. The van der Waals surface area contributed by atoms with Crippen molar-refractivity contribution in [2.24, 2.45) is 5.73 Å². The minimum absolute atomic E-state index is 0.107. The van der Waals surface area contributed by atoms with Crippen LogP contribution in [0.3, 0.4) is 0 Å². The lowest BCUT2D eigenvalue weighted by Crippen LogP contribution is -2.45. The molecule has 7 heteroatoms. The van der Waals surface area contributed by atoms with Crippen molar-refractivity contribution in [1.82, 2.24) is 10.2 Å².